The number of guanidine groups is 1. The maximum Gasteiger partial charge on any atom is 0.191 e. The quantitative estimate of drug-likeness (QED) is 0.286. The molecular formula is C18H32IN3O. The van der Waals surface area contributed by atoms with Gasteiger partial charge in [0.2, 0.25) is 0 Å². The summed E-state index contributed by atoms with van der Waals surface area (Å²) in [5.74, 6) is 0.890. The van der Waals surface area contributed by atoms with Crippen LogP contribution in [0.15, 0.2) is 17.1 Å². The molecule has 0 aliphatic carbocycles. The fourth-order valence-corrected chi connectivity index (χ4v) is 2.65. The Morgan fingerprint density at radius 2 is 1.78 bits per heavy atom. The number of ether oxygens (including phenoxy) is 1. The molecule has 0 radical (unpaired) electrons. The Hall–Kier alpha value is -0.820. The summed E-state index contributed by atoms with van der Waals surface area (Å²) in [6.45, 7) is 11.9. The SMILES string of the molecule is CCNC(=NCCCOC)NCCc1c(C)cc(C)cc1C.I. The van der Waals surface area contributed by atoms with Crippen LogP contribution in [0.3, 0.4) is 0 Å². The number of nitrogens with one attached hydrogen (secondary N) is 2. The van der Waals surface area contributed by atoms with Gasteiger partial charge in [-0.3, -0.25) is 4.99 Å². The zero-order valence-electron chi connectivity index (χ0n) is 15.2. The van der Waals surface area contributed by atoms with Crippen LogP contribution in [0.5, 0.6) is 0 Å². The first-order valence-corrected chi connectivity index (χ1v) is 8.16. The average Bonchev–Trinajstić information content (AvgIpc) is 2.46. The van der Waals surface area contributed by atoms with E-state index in [0.29, 0.717) is 0 Å². The van der Waals surface area contributed by atoms with E-state index in [4.69, 9.17) is 4.74 Å². The zero-order valence-corrected chi connectivity index (χ0v) is 17.5. The lowest BCUT2D eigenvalue weighted by Gasteiger charge is -2.14. The van der Waals surface area contributed by atoms with Gasteiger partial charge >= 0.3 is 0 Å². The fraction of sp³-hybridized carbons (Fsp3) is 0.611. The van der Waals surface area contributed by atoms with Crippen molar-refractivity contribution in [2.24, 2.45) is 4.99 Å². The standard InChI is InChI=1S/C18H31N3O.HI/c1-6-19-18(20-9-7-11-22-5)21-10-8-17-15(3)12-14(2)13-16(17)4;/h12-13H,6-11H2,1-5H3,(H2,19,20,21);1H. The first-order valence-electron chi connectivity index (χ1n) is 8.16. The largest absolute Gasteiger partial charge is 0.385 e. The third-order valence-corrected chi connectivity index (χ3v) is 3.63. The highest BCUT2D eigenvalue weighted by Crippen LogP contribution is 2.16. The summed E-state index contributed by atoms with van der Waals surface area (Å²) in [6, 6.07) is 4.51. The summed E-state index contributed by atoms with van der Waals surface area (Å²) in [5.41, 5.74) is 5.52. The van der Waals surface area contributed by atoms with E-state index in [1.54, 1.807) is 7.11 Å². The monoisotopic (exact) mass is 433 g/mol. The molecule has 0 saturated heterocycles. The minimum Gasteiger partial charge on any atom is -0.385 e. The number of aryl methyl sites for hydroxylation is 3. The topological polar surface area (TPSA) is 45.7 Å². The molecule has 0 aliphatic heterocycles. The van der Waals surface area contributed by atoms with Gasteiger partial charge in [-0.25, -0.2) is 0 Å². The van der Waals surface area contributed by atoms with E-state index in [9.17, 15) is 0 Å². The van der Waals surface area contributed by atoms with Crippen molar-refractivity contribution in [2.75, 3.05) is 33.4 Å². The van der Waals surface area contributed by atoms with Gasteiger partial charge in [0, 0.05) is 33.4 Å². The van der Waals surface area contributed by atoms with Crippen molar-refractivity contribution in [2.45, 2.75) is 40.5 Å². The van der Waals surface area contributed by atoms with Crippen LogP contribution in [-0.4, -0.2) is 39.3 Å². The summed E-state index contributed by atoms with van der Waals surface area (Å²) in [6.07, 6.45) is 1.96. The molecule has 0 aliphatic rings. The minimum atomic E-state index is 0. The molecule has 23 heavy (non-hydrogen) atoms. The molecule has 132 valence electrons. The molecule has 0 fully saturated rings. The summed E-state index contributed by atoms with van der Waals surface area (Å²) >= 11 is 0. The van der Waals surface area contributed by atoms with Crippen LogP contribution < -0.4 is 10.6 Å². The second-order valence-corrected chi connectivity index (χ2v) is 5.66. The Morgan fingerprint density at radius 1 is 1.13 bits per heavy atom. The van der Waals surface area contributed by atoms with Gasteiger partial charge in [-0.05, 0) is 57.2 Å². The number of benzene rings is 1. The molecule has 0 aromatic heterocycles. The maximum atomic E-state index is 5.05. The van der Waals surface area contributed by atoms with Crippen molar-refractivity contribution >= 4 is 29.9 Å². The van der Waals surface area contributed by atoms with Crippen LogP contribution in [0.25, 0.3) is 0 Å². The predicted molar refractivity (Wildman–Crippen MR) is 110 cm³/mol. The van der Waals surface area contributed by atoms with Crippen LogP contribution in [0.1, 0.15) is 35.6 Å². The van der Waals surface area contributed by atoms with Crippen molar-refractivity contribution in [3.63, 3.8) is 0 Å². The van der Waals surface area contributed by atoms with E-state index in [0.717, 1.165) is 45.0 Å². The van der Waals surface area contributed by atoms with Crippen LogP contribution in [0.4, 0.5) is 0 Å². The number of methoxy groups -OCH3 is 1. The highest BCUT2D eigenvalue weighted by molar-refractivity contribution is 14.0. The van der Waals surface area contributed by atoms with Crippen LogP contribution in [0, 0.1) is 20.8 Å². The van der Waals surface area contributed by atoms with Gasteiger partial charge in [0.25, 0.3) is 0 Å². The molecule has 0 atom stereocenters. The molecule has 0 bridgehead atoms. The van der Waals surface area contributed by atoms with Crippen LogP contribution in [0.2, 0.25) is 0 Å². The summed E-state index contributed by atoms with van der Waals surface area (Å²) in [5, 5.41) is 6.70. The third-order valence-electron chi connectivity index (χ3n) is 3.63. The van der Waals surface area contributed by atoms with Gasteiger partial charge in [-0.1, -0.05) is 17.7 Å². The normalized spacial score (nSPS) is 11.1. The lowest BCUT2D eigenvalue weighted by atomic mass is 9.97. The van der Waals surface area contributed by atoms with Gasteiger partial charge in [0.1, 0.15) is 0 Å². The molecule has 0 saturated carbocycles. The Bertz CT molecular complexity index is 466. The van der Waals surface area contributed by atoms with Gasteiger partial charge in [-0.2, -0.15) is 0 Å². The summed E-state index contributed by atoms with van der Waals surface area (Å²) in [4.78, 5) is 4.56. The molecule has 2 N–H and O–H groups in total. The van der Waals surface area contributed by atoms with E-state index >= 15 is 0 Å². The van der Waals surface area contributed by atoms with Crippen molar-refractivity contribution < 1.29 is 4.74 Å². The molecule has 1 rings (SSSR count). The Balaban J connectivity index is 0.00000484. The second kappa shape index (κ2) is 12.6. The average molecular weight is 433 g/mol. The van der Waals surface area contributed by atoms with E-state index in [1.807, 2.05) is 0 Å². The first-order chi connectivity index (χ1) is 10.6. The molecule has 4 nitrogen and oxygen atoms in total. The zero-order chi connectivity index (χ0) is 16.4. The smallest absolute Gasteiger partial charge is 0.191 e. The highest BCUT2D eigenvalue weighted by atomic mass is 127. The van der Waals surface area contributed by atoms with Crippen molar-refractivity contribution in [1.82, 2.24) is 10.6 Å². The van der Waals surface area contributed by atoms with Gasteiger partial charge < -0.3 is 15.4 Å². The van der Waals surface area contributed by atoms with Gasteiger partial charge in [0.15, 0.2) is 5.96 Å². The Kier molecular flexibility index (Phi) is 12.1. The molecule has 0 amide bonds. The Morgan fingerprint density at radius 3 is 2.35 bits per heavy atom. The van der Waals surface area contributed by atoms with E-state index < -0.39 is 0 Å². The van der Waals surface area contributed by atoms with Crippen molar-refractivity contribution in [3.8, 4) is 0 Å². The first kappa shape index (κ1) is 22.2. The molecule has 1 aromatic rings. The predicted octanol–water partition coefficient (Wildman–Crippen LogP) is 3.36. The maximum absolute atomic E-state index is 5.05. The summed E-state index contributed by atoms with van der Waals surface area (Å²) < 4.78 is 5.05. The minimum absolute atomic E-state index is 0. The number of rotatable bonds is 8. The molecule has 0 heterocycles. The van der Waals surface area contributed by atoms with Crippen molar-refractivity contribution in [1.29, 1.82) is 0 Å². The Labute approximate surface area is 158 Å². The third kappa shape index (κ3) is 8.55. The van der Waals surface area contributed by atoms with Gasteiger partial charge in [0.05, 0.1) is 0 Å². The lowest BCUT2D eigenvalue weighted by molar-refractivity contribution is 0.197. The molecule has 0 unspecified atom stereocenters. The van der Waals surface area contributed by atoms with E-state index in [1.165, 1.54) is 22.3 Å². The number of aliphatic imine (C=N–C) groups is 1. The molecule has 0 spiro atoms. The van der Waals surface area contributed by atoms with Crippen LogP contribution in [-0.2, 0) is 11.2 Å². The second-order valence-electron chi connectivity index (χ2n) is 5.66. The molecule has 1 aromatic carbocycles. The number of hydrogen-bond donors (Lipinski definition) is 2. The highest BCUT2D eigenvalue weighted by Gasteiger charge is 2.04. The molecule has 5 heteroatoms. The number of halogens is 1. The number of nitrogens with zero attached hydrogens (tertiary/aromatic N) is 1. The number of hydrogen-bond acceptors (Lipinski definition) is 2. The fourth-order valence-electron chi connectivity index (χ4n) is 2.65. The molecular weight excluding hydrogens is 401 g/mol. The van der Waals surface area contributed by atoms with E-state index in [2.05, 4.69) is 55.5 Å². The van der Waals surface area contributed by atoms with Crippen molar-refractivity contribution in [3.05, 3.63) is 34.4 Å². The summed E-state index contributed by atoms with van der Waals surface area (Å²) in [7, 11) is 1.72. The van der Waals surface area contributed by atoms with E-state index in [-0.39, 0.29) is 24.0 Å². The van der Waals surface area contributed by atoms with Crippen LogP contribution >= 0.6 is 24.0 Å². The lowest BCUT2D eigenvalue weighted by Crippen LogP contribution is -2.38. The van der Waals surface area contributed by atoms with Gasteiger partial charge in [-0.15, -0.1) is 24.0 Å².